The molecule has 3 atom stereocenters. The number of hydrogen-bond acceptors (Lipinski definition) is 8. The van der Waals surface area contributed by atoms with E-state index in [0.717, 1.165) is 45.8 Å². The smallest absolute Gasteiger partial charge is 0.151 e. The highest BCUT2D eigenvalue weighted by Gasteiger charge is 2.43. The summed E-state index contributed by atoms with van der Waals surface area (Å²) in [5, 5.41) is 4.16. The van der Waals surface area contributed by atoms with Crippen molar-refractivity contribution in [3.05, 3.63) is 42.0 Å². The third-order valence-electron chi connectivity index (χ3n) is 6.68. The molecule has 0 amide bonds. The molecule has 184 valence electrons. The van der Waals surface area contributed by atoms with E-state index in [-0.39, 0.29) is 34.8 Å². The Morgan fingerprint density at radius 3 is 2.89 bits per heavy atom. The van der Waals surface area contributed by atoms with Crippen molar-refractivity contribution in [2.45, 2.75) is 38.1 Å². The van der Waals surface area contributed by atoms with Crippen molar-refractivity contribution in [2.24, 2.45) is 4.36 Å². The van der Waals surface area contributed by atoms with Crippen LogP contribution >= 0.6 is 0 Å². The summed E-state index contributed by atoms with van der Waals surface area (Å²) < 4.78 is 42.7. The number of hydrogen-bond donors (Lipinski definition) is 1. The predicted octanol–water partition coefficient (Wildman–Crippen LogP) is 4.60. The molecule has 3 aromatic rings. The zero-order valence-corrected chi connectivity index (χ0v) is 20.4. The number of aromatic nitrogens is 2. The molecule has 6 rings (SSSR count). The minimum Gasteiger partial charge on any atom is -0.494 e. The van der Waals surface area contributed by atoms with Crippen molar-refractivity contribution < 1.29 is 23.3 Å². The van der Waals surface area contributed by atoms with Crippen molar-refractivity contribution in [3.63, 3.8) is 0 Å². The van der Waals surface area contributed by atoms with Crippen LogP contribution in [0.4, 0.5) is 21.6 Å². The third kappa shape index (κ3) is 4.23. The van der Waals surface area contributed by atoms with E-state index in [1.807, 2.05) is 13.0 Å². The van der Waals surface area contributed by atoms with E-state index >= 15 is 0 Å². The molecule has 0 radical (unpaired) electrons. The zero-order chi connectivity index (χ0) is 23.9. The molecule has 0 saturated carbocycles. The maximum atomic E-state index is 14.2. The van der Waals surface area contributed by atoms with Gasteiger partial charge in [0, 0.05) is 35.1 Å². The predicted molar refractivity (Wildman–Crippen MR) is 133 cm³/mol. The standard InChI is InChI=1S/C25H27FN4O4S/c1-14-22-17(11-18(23(14)31-2)30-35-8-3-9-35)27-13-28-25(22)29-16-5-4-15(26)10-20(16)34-21-12-33-19-6-7-32-24(19)21/h4-5,10-11,13,19,21,24H,3,6-9,12H2,1-2H3,(H,27,28,29)/t19-,21?,24?/m1/s1. The van der Waals surface area contributed by atoms with Crippen LogP contribution < -0.4 is 14.8 Å². The average molecular weight is 499 g/mol. The van der Waals surface area contributed by atoms with E-state index in [1.165, 1.54) is 24.9 Å². The van der Waals surface area contributed by atoms with E-state index < -0.39 is 0 Å². The molecular weight excluding hydrogens is 471 g/mol. The Labute approximate surface area is 205 Å². The molecule has 4 heterocycles. The van der Waals surface area contributed by atoms with Gasteiger partial charge in [-0.15, -0.1) is 0 Å². The lowest BCUT2D eigenvalue weighted by atomic mass is 10.1. The lowest BCUT2D eigenvalue weighted by Crippen LogP contribution is -2.32. The Morgan fingerprint density at radius 1 is 1.20 bits per heavy atom. The van der Waals surface area contributed by atoms with Gasteiger partial charge in [-0.25, -0.2) is 18.7 Å². The maximum absolute atomic E-state index is 14.2. The molecule has 0 spiro atoms. The summed E-state index contributed by atoms with van der Waals surface area (Å²) in [4.78, 5) is 9.00. The van der Waals surface area contributed by atoms with Crippen LogP contribution in [-0.2, 0) is 20.2 Å². The van der Waals surface area contributed by atoms with Gasteiger partial charge < -0.3 is 24.3 Å². The highest BCUT2D eigenvalue weighted by Crippen LogP contribution is 2.41. The van der Waals surface area contributed by atoms with Crippen LogP contribution in [0.5, 0.6) is 11.5 Å². The van der Waals surface area contributed by atoms with E-state index in [4.69, 9.17) is 23.3 Å². The molecule has 3 fully saturated rings. The molecule has 35 heavy (non-hydrogen) atoms. The normalized spacial score (nSPS) is 23.7. The van der Waals surface area contributed by atoms with E-state index in [1.54, 1.807) is 13.2 Å². The number of rotatable bonds is 6. The zero-order valence-electron chi connectivity index (χ0n) is 19.6. The molecule has 3 aliphatic heterocycles. The summed E-state index contributed by atoms with van der Waals surface area (Å²) in [5.41, 5.74) is 3.07. The molecule has 0 aliphatic carbocycles. The van der Waals surface area contributed by atoms with Crippen molar-refractivity contribution in [1.29, 1.82) is 0 Å². The molecule has 1 aromatic heterocycles. The van der Waals surface area contributed by atoms with Gasteiger partial charge >= 0.3 is 0 Å². The van der Waals surface area contributed by atoms with Crippen LogP contribution in [0.1, 0.15) is 18.4 Å². The highest BCUT2D eigenvalue weighted by atomic mass is 32.2. The summed E-state index contributed by atoms with van der Waals surface area (Å²) in [6.45, 7) is 3.03. The van der Waals surface area contributed by atoms with Crippen LogP contribution in [0.2, 0.25) is 0 Å². The molecule has 3 saturated heterocycles. The number of aryl methyl sites for hydroxylation is 1. The molecule has 0 bridgehead atoms. The van der Waals surface area contributed by atoms with E-state index in [0.29, 0.717) is 30.5 Å². The minimum absolute atomic E-state index is 0.0334. The molecule has 2 unspecified atom stereocenters. The summed E-state index contributed by atoms with van der Waals surface area (Å²) >= 11 is 0. The van der Waals surface area contributed by atoms with Crippen LogP contribution in [0.25, 0.3) is 10.9 Å². The lowest BCUT2D eigenvalue weighted by molar-refractivity contribution is 0.0310. The molecule has 1 N–H and O–H groups in total. The molecule has 10 heteroatoms. The maximum Gasteiger partial charge on any atom is 0.151 e. The Hall–Kier alpha value is -2.82. The van der Waals surface area contributed by atoms with Gasteiger partial charge in [0.1, 0.15) is 41.3 Å². The fraction of sp³-hybridized carbons (Fsp3) is 0.440. The first-order chi connectivity index (χ1) is 17.1. The van der Waals surface area contributed by atoms with Gasteiger partial charge in [-0.1, -0.05) is 10.7 Å². The highest BCUT2D eigenvalue weighted by molar-refractivity contribution is 7.88. The molecule has 2 aromatic carbocycles. The summed E-state index contributed by atoms with van der Waals surface area (Å²) in [6.07, 6.45) is 3.17. The monoisotopic (exact) mass is 498 g/mol. The fourth-order valence-corrected chi connectivity index (χ4v) is 5.97. The second-order valence-corrected chi connectivity index (χ2v) is 10.8. The number of anilines is 2. The Kier molecular flexibility index (Phi) is 6.03. The number of halogens is 1. The number of methoxy groups -OCH3 is 1. The van der Waals surface area contributed by atoms with Gasteiger partial charge in [-0.3, -0.25) is 0 Å². The van der Waals surface area contributed by atoms with E-state index in [2.05, 4.69) is 15.3 Å². The van der Waals surface area contributed by atoms with Crippen LogP contribution in [0.3, 0.4) is 0 Å². The van der Waals surface area contributed by atoms with Gasteiger partial charge in [0.05, 0.1) is 31.0 Å². The van der Waals surface area contributed by atoms with Crippen molar-refractivity contribution in [2.75, 3.05) is 37.1 Å². The number of ether oxygens (including phenoxy) is 4. The first-order valence-electron chi connectivity index (χ1n) is 11.8. The SMILES string of the molecule is COc1c(N=S2CCC2)cc2ncnc(Nc3ccc(F)cc3OC3CO[C@@H]4CCOC34)c2c1C. The second-order valence-electron chi connectivity index (χ2n) is 8.90. The quantitative estimate of drug-likeness (QED) is 0.531. The van der Waals surface area contributed by atoms with Gasteiger partial charge in [-0.05, 0) is 38.0 Å². The first-order valence-corrected chi connectivity index (χ1v) is 13.3. The lowest BCUT2D eigenvalue weighted by Gasteiger charge is -2.21. The van der Waals surface area contributed by atoms with Gasteiger partial charge in [0.25, 0.3) is 0 Å². The summed E-state index contributed by atoms with van der Waals surface area (Å²) in [5.74, 6) is 3.55. The molecule has 3 aliphatic rings. The number of fused-ring (bicyclic) bond motifs is 2. The molecule has 8 nitrogen and oxygen atoms in total. The Balaban J connectivity index is 1.36. The van der Waals surface area contributed by atoms with Crippen molar-refractivity contribution in [3.8, 4) is 11.5 Å². The van der Waals surface area contributed by atoms with Crippen molar-refractivity contribution in [1.82, 2.24) is 9.97 Å². The fourth-order valence-electron chi connectivity index (χ4n) is 4.82. The number of nitrogens with zero attached hydrogens (tertiary/aromatic N) is 3. The largest absolute Gasteiger partial charge is 0.494 e. The van der Waals surface area contributed by atoms with Gasteiger partial charge in [0.15, 0.2) is 6.10 Å². The molecular formula is C25H27FN4O4S. The third-order valence-corrected chi connectivity index (χ3v) is 8.66. The average Bonchev–Trinajstić information content (AvgIpc) is 3.43. The minimum atomic E-state index is -0.387. The van der Waals surface area contributed by atoms with Crippen molar-refractivity contribution >= 4 is 38.8 Å². The summed E-state index contributed by atoms with van der Waals surface area (Å²) in [6, 6.07) is 6.37. The topological polar surface area (TPSA) is 87.1 Å². The number of nitrogens with one attached hydrogen (secondary N) is 1. The van der Waals surface area contributed by atoms with E-state index in [9.17, 15) is 4.39 Å². The van der Waals surface area contributed by atoms with Crippen LogP contribution in [-0.4, -0.2) is 60.1 Å². The second kappa shape index (κ2) is 9.33. The van der Waals surface area contributed by atoms with Crippen LogP contribution in [0.15, 0.2) is 35.0 Å². The number of benzene rings is 2. The van der Waals surface area contributed by atoms with Gasteiger partial charge in [0.2, 0.25) is 0 Å². The van der Waals surface area contributed by atoms with Gasteiger partial charge in [-0.2, -0.15) is 0 Å². The van der Waals surface area contributed by atoms with Crippen LogP contribution in [0, 0.1) is 12.7 Å². The summed E-state index contributed by atoms with van der Waals surface area (Å²) in [7, 11) is 1.71. The Morgan fingerprint density at radius 2 is 2.09 bits per heavy atom. The first kappa shape index (κ1) is 22.6. The Bertz CT molecular complexity index is 1310.